The first-order chi connectivity index (χ1) is 12.3. The number of fused-ring (bicyclic) bond motifs is 3. The number of nitrogens with one attached hydrogen (secondary N) is 1. The number of nitrogens with zero attached hydrogens (tertiary/aromatic N) is 1. The molecule has 0 bridgehead atoms. The number of Topliss-reactive ketones (excluding diaryl/α,β-unsaturated/α-hetero) is 1. The maximum atomic E-state index is 13.2. The van der Waals surface area contributed by atoms with Crippen LogP contribution < -0.4 is 11.1 Å². The number of rotatable bonds is 0. The Morgan fingerprint density at radius 3 is 2.81 bits per heavy atom. The molecule has 3 N–H and O–H groups in total. The summed E-state index contributed by atoms with van der Waals surface area (Å²) in [6.45, 7) is 3.83. The fourth-order valence-electron chi connectivity index (χ4n) is 4.14. The van der Waals surface area contributed by atoms with Crippen LogP contribution in [0.2, 0.25) is 0 Å². The molecule has 132 valence electrons. The maximum absolute atomic E-state index is 13.2. The minimum absolute atomic E-state index is 0.0304. The number of carbonyl (C=O) groups excluding carboxylic acids is 2. The minimum Gasteiger partial charge on any atom is -0.444 e. The molecule has 0 saturated carbocycles. The molecule has 6 nitrogen and oxygen atoms in total. The van der Waals surface area contributed by atoms with Crippen molar-refractivity contribution in [3.8, 4) is 6.07 Å². The highest BCUT2D eigenvalue weighted by Crippen LogP contribution is 2.54. The van der Waals surface area contributed by atoms with Gasteiger partial charge in [-0.3, -0.25) is 9.59 Å². The van der Waals surface area contributed by atoms with E-state index in [-0.39, 0.29) is 28.7 Å². The standard InChI is InChI=1S/C19H16BrN3O3/c1-8-3-14(24)16-15(4-8)26-17(22)11(7-21)19(16)10-5-9(2)12(20)6-13(10)23-18(19)25/h5-6,8H,3-4,22H2,1-2H3,(H,23,25)/t8-,19-/m0/s1. The number of halogens is 1. The van der Waals surface area contributed by atoms with Crippen LogP contribution in [-0.4, -0.2) is 11.7 Å². The van der Waals surface area contributed by atoms with Crippen molar-refractivity contribution in [3.05, 3.63) is 50.5 Å². The van der Waals surface area contributed by atoms with Crippen LogP contribution in [-0.2, 0) is 19.7 Å². The summed E-state index contributed by atoms with van der Waals surface area (Å²) in [5, 5.41) is 12.6. The van der Waals surface area contributed by atoms with Crippen molar-refractivity contribution in [2.45, 2.75) is 32.1 Å². The zero-order chi connectivity index (χ0) is 18.8. The van der Waals surface area contributed by atoms with Crippen molar-refractivity contribution in [1.82, 2.24) is 0 Å². The van der Waals surface area contributed by atoms with E-state index in [0.29, 0.717) is 29.9 Å². The molecule has 1 amide bonds. The smallest absolute Gasteiger partial charge is 0.245 e. The summed E-state index contributed by atoms with van der Waals surface area (Å²) in [5.74, 6) is -0.248. The van der Waals surface area contributed by atoms with Crippen LogP contribution in [0.4, 0.5) is 5.69 Å². The normalized spacial score (nSPS) is 27.1. The van der Waals surface area contributed by atoms with Crippen LogP contribution >= 0.6 is 15.9 Å². The summed E-state index contributed by atoms with van der Waals surface area (Å²) in [6, 6.07) is 5.64. The van der Waals surface area contributed by atoms with E-state index in [1.54, 1.807) is 6.07 Å². The molecule has 1 aromatic rings. The van der Waals surface area contributed by atoms with Gasteiger partial charge in [0.25, 0.3) is 0 Å². The lowest BCUT2D eigenvalue weighted by molar-refractivity contribution is -0.123. The van der Waals surface area contributed by atoms with Gasteiger partial charge in [0, 0.05) is 28.6 Å². The van der Waals surface area contributed by atoms with E-state index in [9.17, 15) is 14.9 Å². The Labute approximate surface area is 158 Å². The molecule has 1 aromatic carbocycles. The molecular formula is C19H16BrN3O3. The van der Waals surface area contributed by atoms with Gasteiger partial charge >= 0.3 is 0 Å². The van der Waals surface area contributed by atoms with Crippen molar-refractivity contribution in [1.29, 1.82) is 5.26 Å². The summed E-state index contributed by atoms with van der Waals surface area (Å²) in [7, 11) is 0. The molecule has 26 heavy (non-hydrogen) atoms. The molecule has 4 rings (SSSR count). The second-order valence-electron chi connectivity index (χ2n) is 7.04. The fourth-order valence-corrected chi connectivity index (χ4v) is 4.48. The predicted molar refractivity (Wildman–Crippen MR) is 97.5 cm³/mol. The SMILES string of the molecule is Cc1cc2c(cc1Br)NC(=O)[C@]21C(C#N)=C(N)OC2=C1C(=O)C[C@H](C)C2. The van der Waals surface area contributed by atoms with Gasteiger partial charge in [0.15, 0.2) is 5.78 Å². The van der Waals surface area contributed by atoms with Gasteiger partial charge in [-0.15, -0.1) is 0 Å². The third kappa shape index (κ3) is 1.96. The van der Waals surface area contributed by atoms with Gasteiger partial charge in [0.1, 0.15) is 22.8 Å². The first kappa shape index (κ1) is 16.9. The Bertz CT molecular complexity index is 1000. The van der Waals surface area contributed by atoms with Crippen molar-refractivity contribution in [2.24, 2.45) is 11.7 Å². The van der Waals surface area contributed by atoms with Crippen molar-refractivity contribution in [3.63, 3.8) is 0 Å². The number of ketones is 1. The number of allylic oxidation sites excluding steroid dienone is 1. The van der Waals surface area contributed by atoms with E-state index in [1.807, 2.05) is 26.0 Å². The van der Waals surface area contributed by atoms with Gasteiger partial charge in [-0.05, 0) is 24.5 Å². The molecule has 0 radical (unpaired) electrons. The largest absolute Gasteiger partial charge is 0.444 e. The summed E-state index contributed by atoms with van der Waals surface area (Å²) < 4.78 is 6.47. The number of amides is 1. The van der Waals surface area contributed by atoms with Crippen LogP contribution in [0.3, 0.4) is 0 Å². The van der Waals surface area contributed by atoms with Crippen LogP contribution in [0, 0.1) is 24.2 Å². The number of hydrogen-bond acceptors (Lipinski definition) is 5. The average Bonchev–Trinajstić information content (AvgIpc) is 2.80. The predicted octanol–water partition coefficient (Wildman–Crippen LogP) is 2.92. The van der Waals surface area contributed by atoms with E-state index in [0.717, 1.165) is 10.0 Å². The van der Waals surface area contributed by atoms with E-state index in [1.165, 1.54) is 0 Å². The van der Waals surface area contributed by atoms with Crippen LogP contribution in [0.1, 0.15) is 30.9 Å². The van der Waals surface area contributed by atoms with Crippen LogP contribution in [0.15, 0.2) is 39.4 Å². The molecule has 7 heteroatoms. The lowest BCUT2D eigenvalue weighted by Crippen LogP contribution is -2.47. The maximum Gasteiger partial charge on any atom is 0.245 e. The molecule has 0 saturated heterocycles. The topological polar surface area (TPSA) is 105 Å². The summed E-state index contributed by atoms with van der Waals surface area (Å²) in [4.78, 5) is 26.2. The molecule has 2 heterocycles. The number of nitriles is 1. The van der Waals surface area contributed by atoms with Crippen molar-refractivity contribution < 1.29 is 14.3 Å². The summed E-state index contributed by atoms with van der Waals surface area (Å²) in [6.07, 6.45) is 0.807. The molecule has 2 aliphatic heterocycles. The Morgan fingerprint density at radius 2 is 2.12 bits per heavy atom. The third-order valence-corrected chi connectivity index (χ3v) is 6.11. The molecule has 0 unspecified atom stereocenters. The van der Waals surface area contributed by atoms with E-state index in [4.69, 9.17) is 10.5 Å². The van der Waals surface area contributed by atoms with Gasteiger partial charge in [0.05, 0.1) is 5.57 Å². The highest BCUT2D eigenvalue weighted by Gasteiger charge is 2.60. The zero-order valence-corrected chi connectivity index (χ0v) is 15.9. The number of benzene rings is 1. The number of hydrogen-bond donors (Lipinski definition) is 2. The first-order valence-electron chi connectivity index (χ1n) is 8.27. The second kappa shape index (κ2) is 5.45. The monoisotopic (exact) mass is 413 g/mol. The van der Waals surface area contributed by atoms with E-state index >= 15 is 0 Å². The molecule has 3 aliphatic rings. The first-order valence-corrected chi connectivity index (χ1v) is 9.07. The average molecular weight is 414 g/mol. The third-order valence-electron chi connectivity index (χ3n) is 5.26. The lowest BCUT2D eigenvalue weighted by Gasteiger charge is -2.38. The zero-order valence-electron chi connectivity index (χ0n) is 14.3. The Morgan fingerprint density at radius 1 is 1.38 bits per heavy atom. The van der Waals surface area contributed by atoms with Gasteiger partial charge in [0.2, 0.25) is 11.8 Å². The molecule has 0 aromatic heterocycles. The number of carbonyl (C=O) groups is 2. The summed E-state index contributed by atoms with van der Waals surface area (Å²) >= 11 is 3.46. The highest BCUT2D eigenvalue weighted by molar-refractivity contribution is 9.10. The van der Waals surface area contributed by atoms with Crippen molar-refractivity contribution in [2.75, 3.05) is 5.32 Å². The minimum atomic E-state index is -1.54. The van der Waals surface area contributed by atoms with E-state index in [2.05, 4.69) is 21.2 Å². The highest BCUT2D eigenvalue weighted by atomic mass is 79.9. The molecule has 2 atom stereocenters. The quantitative estimate of drug-likeness (QED) is 0.679. The number of ether oxygens (including phenoxy) is 1. The van der Waals surface area contributed by atoms with E-state index < -0.39 is 11.3 Å². The Balaban J connectivity index is 2.11. The summed E-state index contributed by atoms with van der Waals surface area (Å²) in [5.41, 5.74) is 6.73. The molecular weight excluding hydrogens is 398 g/mol. The lowest BCUT2D eigenvalue weighted by atomic mass is 9.64. The van der Waals surface area contributed by atoms with Gasteiger partial charge in [-0.25, -0.2) is 0 Å². The van der Waals surface area contributed by atoms with Gasteiger partial charge in [-0.2, -0.15) is 5.26 Å². The Kier molecular flexibility index (Phi) is 3.53. The molecule has 1 spiro atoms. The second-order valence-corrected chi connectivity index (χ2v) is 7.89. The van der Waals surface area contributed by atoms with Crippen LogP contribution in [0.25, 0.3) is 0 Å². The Hall–Kier alpha value is -2.59. The van der Waals surface area contributed by atoms with Crippen LogP contribution in [0.5, 0.6) is 0 Å². The number of nitrogens with two attached hydrogens (primary N) is 1. The van der Waals surface area contributed by atoms with Gasteiger partial charge in [-0.1, -0.05) is 28.9 Å². The van der Waals surface area contributed by atoms with Gasteiger partial charge < -0.3 is 15.8 Å². The number of aryl methyl sites for hydroxylation is 1. The van der Waals surface area contributed by atoms with Crippen molar-refractivity contribution >= 4 is 33.3 Å². The molecule has 0 fully saturated rings. The number of anilines is 1. The fraction of sp³-hybridized carbons (Fsp3) is 0.316. The molecule has 1 aliphatic carbocycles.